The van der Waals surface area contributed by atoms with Gasteiger partial charge in [0.05, 0.1) is 0 Å². The zero-order valence-electron chi connectivity index (χ0n) is 12.7. The van der Waals surface area contributed by atoms with Gasteiger partial charge in [-0.05, 0) is 0 Å². The van der Waals surface area contributed by atoms with Gasteiger partial charge in [-0.2, -0.15) is 79.0 Å². The number of hydrogen-bond donors (Lipinski definition) is 1. The molecule has 1 atom stereocenters. The van der Waals surface area contributed by atoms with Crippen molar-refractivity contribution in [1.82, 2.24) is 0 Å². The lowest BCUT2D eigenvalue weighted by Crippen LogP contribution is -2.74. The molecule has 0 aromatic carbocycles. The minimum absolute atomic E-state index is 4.14. The van der Waals surface area contributed by atoms with Crippen molar-refractivity contribution >= 4 is 5.97 Å². The van der Waals surface area contributed by atoms with Crippen LogP contribution in [0, 0.1) is 5.92 Å². The van der Waals surface area contributed by atoms with Crippen LogP contribution in [0.25, 0.3) is 0 Å². The maximum absolute atomic E-state index is 13.2. The van der Waals surface area contributed by atoms with E-state index in [1.165, 1.54) is 0 Å². The first kappa shape index (κ1) is 28.2. The normalized spacial score (nSPS) is 17.1. The van der Waals surface area contributed by atoms with Crippen LogP contribution in [-0.4, -0.2) is 59.0 Å². The molecule has 0 saturated heterocycles. The molecule has 0 amide bonds. The Hall–Kier alpha value is -1.79. The highest BCUT2D eigenvalue weighted by Gasteiger charge is 2.94. The van der Waals surface area contributed by atoms with Crippen molar-refractivity contribution in [3.05, 3.63) is 0 Å². The Morgan fingerprint density at radius 2 is 0.767 bits per heavy atom. The van der Waals surface area contributed by atoms with Crippen LogP contribution in [0.2, 0.25) is 0 Å². The molecule has 2 nitrogen and oxygen atoms in total. The van der Waals surface area contributed by atoms with E-state index in [2.05, 4.69) is 0 Å². The third kappa shape index (κ3) is 3.58. The van der Waals surface area contributed by atoms with E-state index in [9.17, 15) is 83.8 Å². The summed E-state index contributed by atoms with van der Waals surface area (Å²) in [5, 5.41) is 7.89. The predicted octanol–water partition coefficient (Wildman–Crippen LogP) is 5.62. The van der Waals surface area contributed by atoms with Gasteiger partial charge >= 0.3 is 53.9 Å². The maximum atomic E-state index is 13.2. The molecule has 30 heavy (non-hydrogen) atoms. The number of halogens is 18. The Morgan fingerprint density at radius 3 is 1.00 bits per heavy atom. The summed E-state index contributed by atoms with van der Waals surface area (Å²) in [6, 6.07) is 0. The third-order valence-corrected chi connectivity index (χ3v) is 3.29. The van der Waals surface area contributed by atoms with Gasteiger partial charge in [-0.25, -0.2) is 0 Å². The summed E-state index contributed by atoms with van der Waals surface area (Å²) in [5.74, 6) is -61.2. The second kappa shape index (κ2) is 6.86. The van der Waals surface area contributed by atoms with Gasteiger partial charge in [-0.3, -0.25) is 4.79 Å². The van der Waals surface area contributed by atoms with Crippen LogP contribution in [-0.2, 0) is 4.79 Å². The molecule has 20 heteroatoms. The molecular weight excluding hydrogens is 494 g/mol. The van der Waals surface area contributed by atoms with Gasteiger partial charge < -0.3 is 5.11 Å². The van der Waals surface area contributed by atoms with E-state index in [4.69, 9.17) is 5.11 Å². The molecule has 0 aromatic heterocycles. The Kier molecular flexibility index (Phi) is 6.45. The molecule has 0 spiro atoms. The van der Waals surface area contributed by atoms with E-state index in [1.807, 2.05) is 0 Å². The lowest BCUT2D eigenvalue weighted by atomic mass is 9.86. The fraction of sp³-hybridized carbons (Fsp3) is 0.900. The van der Waals surface area contributed by atoms with Crippen LogP contribution in [0.4, 0.5) is 79.0 Å². The number of hydrogen-bond acceptors (Lipinski definition) is 1. The van der Waals surface area contributed by atoms with Gasteiger partial charge in [0.1, 0.15) is 0 Å². The Labute approximate surface area is 150 Å². The van der Waals surface area contributed by atoms with E-state index < -0.39 is 59.8 Å². The molecule has 0 radical (unpaired) electrons. The number of aliphatic carboxylic acids is 1. The van der Waals surface area contributed by atoms with Gasteiger partial charge in [0.25, 0.3) is 0 Å². The lowest BCUT2D eigenvalue weighted by molar-refractivity contribution is -0.457. The highest BCUT2D eigenvalue weighted by molar-refractivity contribution is 5.72. The van der Waals surface area contributed by atoms with Gasteiger partial charge in [-0.15, -0.1) is 0 Å². The average Bonchev–Trinajstić information content (AvgIpc) is 2.42. The van der Waals surface area contributed by atoms with Crippen molar-refractivity contribution in [3.63, 3.8) is 0 Å². The minimum atomic E-state index is -8.80. The van der Waals surface area contributed by atoms with Crippen LogP contribution >= 0.6 is 0 Å². The molecule has 0 aliphatic rings. The van der Waals surface area contributed by atoms with E-state index in [0.717, 1.165) is 0 Å². The molecule has 180 valence electrons. The van der Waals surface area contributed by atoms with Crippen molar-refractivity contribution in [1.29, 1.82) is 0 Å². The summed E-state index contributed by atoms with van der Waals surface area (Å²) >= 11 is 0. The van der Waals surface area contributed by atoms with Crippen molar-refractivity contribution in [2.75, 3.05) is 0 Å². The summed E-state index contributed by atoms with van der Waals surface area (Å²) in [4.78, 5) is 10.1. The van der Waals surface area contributed by atoms with E-state index in [0.29, 0.717) is 0 Å². The maximum Gasteiger partial charge on any atom is 0.460 e. The number of carboxylic acid groups (broad SMARTS) is 1. The highest BCUT2D eigenvalue weighted by Crippen LogP contribution is 2.63. The van der Waals surface area contributed by atoms with Crippen LogP contribution in [0.15, 0.2) is 0 Å². The molecule has 0 fully saturated rings. The standard InChI is InChI=1S/C10H2F18O2/c11-3(12,1(2(29)30)4(13,14)15)5(16,17)6(18,19)7(20,21)8(22,23)9(24,25)10(26,27)28/h1H,(H,29,30). The average molecular weight is 496 g/mol. The van der Waals surface area contributed by atoms with E-state index in [-0.39, 0.29) is 0 Å². The SMILES string of the molecule is O=C(O)C(C(F)(F)F)C(F)(F)C(F)(F)C(F)(F)C(F)(F)C(F)(F)C(F)(F)C(F)(F)F. The van der Waals surface area contributed by atoms with Gasteiger partial charge in [-0.1, -0.05) is 0 Å². The first-order valence-electron chi connectivity index (χ1n) is 6.20. The summed E-state index contributed by atoms with van der Waals surface area (Å²) in [6.45, 7) is 0. The van der Waals surface area contributed by atoms with Gasteiger partial charge in [0.2, 0.25) is 5.92 Å². The van der Waals surface area contributed by atoms with Crippen LogP contribution in [0.3, 0.4) is 0 Å². The summed E-state index contributed by atoms with van der Waals surface area (Å²) in [5.41, 5.74) is 0. The molecule has 0 aromatic rings. The zero-order valence-corrected chi connectivity index (χ0v) is 12.7. The van der Waals surface area contributed by atoms with Crippen LogP contribution in [0.5, 0.6) is 0 Å². The summed E-state index contributed by atoms with van der Waals surface area (Å²) in [6.07, 6.45) is -15.0. The van der Waals surface area contributed by atoms with E-state index in [1.54, 1.807) is 0 Å². The fourth-order valence-corrected chi connectivity index (χ4v) is 1.66. The topological polar surface area (TPSA) is 37.3 Å². The molecule has 0 aliphatic carbocycles. The van der Waals surface area contributed by atoms with Crippen molar-refractivity contribution in [3.8, 4) is 0 Å². The summed E-state index contributed by atoms with van der Waals surface area (Å²) < 4.78 is 228. The predicted molar refractivity (Wildman–Crippen MR) is 52.9 cm³/mol. The number of carboxylic acids is 1. The number of alkyl halides is 18. The molecule has 1 N–H and O–H groups in total. The Bertz CT molecular complexity index is 655. The second-order valence-electron chi connectivity index (χ2n) is 5.31. The molecule has 0 bridgehead atoms. The lowest BCUT2D eigenvalue weighted by Gasteiger charge is -2.42. The van der Waals surface area contributed by atoms with Gasteiger partial charge in [0.15, 0.2) is 0 Å². The molecule has 0 heterocycles. The smallest absolute Gasteiger partial charge is 0.460 e. The zero-order chi connectivity index (χ0) is 25.2. The number of rotatable bonds is 7. The number of carbonyl (C=O) groups is 1. The van der Waals surface area contributed by atoms with Crippen molar-refractivity contribution in [2.45, 2.75) is 47.9 Å². The second-order valence-corrected chi connectivity index (χ2v) is 5.31. The van der Waals surface area contributed by atoms with Crippen LogP contribution < -0.4 is 0 Å². The molecule has 0 rings (SSSR count). The highest BCUT2D eigenvalue weighted by atomic mass is 19.4. The third-order valence-electron chi connectivity index (χ3n) is 3.29. The first-order chi connectivity index (χ1) is 12.6. The van der Waals surface area contributed by atoms with Gasteiger partial charge in [0, 0.05) is 0 Å². The molecule has 0 saturated carbocycles. The molecule has 1 unspecified atom stereocenters. The first-order valence-corrected chi connectivity index (χ1v) is 6.20. The largest absolute Gasteiger partial charge is 0.481 e. The summed E-state index contributed by atoms with van der Waals surface area (Å²) in [7, 11) is 0. The molecular formula is C10H2F18O2. The minimum Gasteiger partial charge on any atom is -0.481 e. The monoisotopic (exact) mass is 496 g/mol. The Balaban J connectivity index is 6.87. The quantitative estimate of drug-likeness (QED) is 0.465. The van der Waals surface area contributed by atoms with Crippen molar-refractivity contribution < 1.29 is 88.9 Å². The molecule has 0 aliphatic heterocycles. The fourth-order valence-electron chi connectivity index (χ4n) is 1.66. The van der Waals surface area contributed by atoms with E-state index >= 15 is 0 Å². The van der Waals surface area contributed by atoms with Crippen molar-refractivity contribution in [2.24, 2.45) is 5.92 Å². The Morgan fingerprint density at radius 1 is 0.500 bits per heavy atom. The van der Waals surface area contributed by atoms with Crippen LogP contribution in [0.1, 0.15) is 0 Å².